The second kappa shape index (κ2) is 8.37. The number of benzene rings is 2. The highest BCUT2D eigenvalue weighted by Crippen LogP contribution is 2.41. The van der Waals surface area contributed by atoms with Gasteiger partial charge in [-0.05, 0) is 43.5 Å². The summed E-state index contributed by atoms with van der Waals surface area (Å²) in [5, 5.41) is 12.9. The number of aromatic nitrogens is 3. The van der Waals surface area contributed by atoms with Gasteiger partial charge in [-0.3, -0.25) is 9.36 Å². The fourth-order valence-corrected chi connectivity index (χ4v) is 4.06. The molecule has 1 aliphatic carbocycles. The van der Waals surface area contributed by atoms with E-state index in [1.807, 2.05) is 61.5 Å². The van der Waals surface area contributed by atoms with Gasteiger partial charge in [-0.15, -0.1) is 10.2 Å². The fourth-order valence-electron chi connectivity index (χ4n) is 2.96. The van der Waals surface area contributed by atoms with Crippen LogP contribution in [0.1, 0.15) is 37.1 Å². The van der Waals surface area contributed by atoms with E-state index in [0.29, 0.717) is 17.5 Å². The molecule has 2 aromatic carbocycles. The first-order valence-corrected chi connectivity index (χ1v) is 10.6. The Bertz CT molecular complexity index is 972. The Hall–Kier alpha value is -2.31. The summed E-state index contributed by atoms with van der Waals surface area (Å²) in [5.74, 6) is 1.39. The molecule has 1 atom stereocenters. The van der Waals surface area contributed by atoms with Crippen LogP contribution in [0, 0.1) is 0 Å². The molecular formula is C21H21ClN4OS. The molecule has 0 saturated heterocycles. The Morgan fingerprint density at radius 2 is 1.89 bits per heavy atom. The monoisotopic (exact) mass is 412 g/mol. The molecule has 7 heteroatoms. The quantitative estimate of drug-likeness (QED) is 0.576. The first-order valence-electron chi connectivity index (χ1n) is 9.32. The number of carbonyl (C=O) groups excluding carboxylic acids is 1. The average Bonchev–Trinajstić information content (AvgIpc) is 3.48. The number of amides is 1. The van der Waals surface area contributed by atoms with E-state index in [4.69, 9.17) is 11.6 Å². The van der Waals surface area contributed by atoms with Crippen LogP contribution in [-0.4, -0.2) is 25.9 Å². The lowest BCUT2D eigenvalue weighted by molar-refractivity contribution is -0.120. The second-order valence-electron chi connectivity index (χ2n) is 6.86. The molecule has 0 spiro atoms. The molecule has 1 N–H and O–H groups in total. The van der Waals surface area contributed by atoms with E-state index in [1.54, 1.807) is 0 Å². The summed E-state index contributed by atoms with van der Waals surface area (Å²) < 4.78 is 2.08. The third-order valence-electron chi connectivity index (χ3n) is 4.68. The third-order valence-corrected chi connectivity index (χ3v) is 6.09. The minimum atomic E-state index is -0.304. The van der Waals surface area contributed by atoms with Crippen LogP contribution in [0.2, 0.25) is 5.02 Å². The number of hydrogen-bond donors (Lipinski definition) is 1. The first-order chi connectivity index (χ1) is 13.6. The number of carbonyl (C=O) groups is 1. The van der Waals surface area contributed by atoms with Gasteiger partial charge in [0, 0.05) is 23.2 Å². The molecule has 5 nitrogen and oxygen atoms in total. The molecule has 3 aromatic rings. The molecule has 144 valence electrons. The Morgan fingerprint density at radius 1 is 1.18 bits per heavy atom. The van der Waals surface area contributed by atoms with E-state index in [-0.39, 0.29) is 11.2 Å². The molecule has 0 bridgehead atoms. The number of nitrogens with zero attached hydrogens (tertiary/aromatic N) is 3. The van der Waals surface area contributed by atoms with E-state index >= 15 is 0 Å². The van der Waals surface area contributed by atoms with E-state index < -0.39 is 0 Å². The summed E-state index contributed by atoms with van der Waals surface area (Å²) in [6.45, 7) is 2.29. The van der Waals surface area contributed by atoms with Crippen molar-refractivity contribution in [3.8, 4) is 5.69 Å². The molecule has 1 aromatic heterocycles. The molecule has 0 unspecified atom stereocenters. The van der Waals surface area contributed by atoms with Crippen LogP contribution in [0.4, 0.5) is 0 Å². The minimum absolute atomic E-state index is 0.0551. The van der Waals surface area contributed by atoms with Crippen LogP contribution in [0.15, 0.2) is 59.8 Å². The molecule has 1 heterocycles. The first kappa shape index (κ1) is 19.0. The Labute approximate surface area is 173 Å². The van der Waals surface area contributed by atoms with Crippen LogP contribution < -0.4 is 5.32 Å². The smallest absolute Gasteiger partial charge is 0.233 e. The van der Waals surface area contributed by atoms with Crippen LogP contribution in [0.5, 0.6) is 0 Å². The van der Waals surface area contributed by atoms with Gasteiger partial charge in [0.05, 0.1) is 5.25 Å². The predicted molar refractivity (Wildman–Crippen MR) is 112 cm³/mol. The highest BCUT2D eigenvalue weighted by Gasteiger charge is 2.31. The normalized spacial score (nSPS) is 14.6. The van der Waals surface area contributed by atoms with Crippen molar-refractivity contribution in [3.63, 3.8) is 0 Å². The van der Waals surface area contributed by atoms with Crippen LogP contribution in [0.3, 0.4) is 0 Å². The van der Waals surface area contributed by atoms with Crippen molar-refractivity contribution in [3.05, 3.63) is 71.0 Å². The molecule has 0 aliphatic heterocycles. The zero-order valence-corrected chi connectivity index (χ0v) is 17.1. The number of hydrogen-bond acceptors (Lipinski definition) is 4. The highest BCUT2D eigenvalue weighted by molar-refractivity contribution is 8.00. The molecule has 1 amide bonds. The van der Waals surface area contributed by atoms with Crippen molar-refractivity contribution in [1.29, 1.82) is 0 Å². The largest absolute Gasteiger partial charge is 0.351 e. The number of nitrogens with one attached hydrogen (secondary N) is 1. The van der Waals surface area contributed by atoms with E-state index in [9.17, 15) is 4.79 Å². The van der Waals surface area contributed by atoms with E-state index in [2.05, 4.69) is 20.1 Å². The van der Waals surface area contributed by atoms with Gasteiger partial charge in [-0.2, -0.15) is 0 Å². The van der Waals surface area contributed by atoms with Crippen molar-refractivity contribution in [2.75, 3.05) is 0 Å². The summed E-state index contributed by atoms with van der Waals surface area (Å²) in [4.78, 5) is 12.6. The summed E-state index contributed by atoms with van der Waals surface area (Å²) in [7, 11) is 0. The van der Waals surface area contributed by atoms with Crippen molar-refractivity contribution < 1.29 is 4.79 Å². The molecule has 4 rings (SSSR count). The van der Waals surface area contributed by atoms with Crippen molar-refractivity contribution >= 4 is 29.3 Å². The topological polar surface area (TPSA) is 59.8 Å². The standard InChI is InChI=1S/C21H21ClN4OS/c1-14(20(27)23-13-16-7-5-6-10-18(16)22)28-21-25-24-19(15-11-12-15)26(21)17-8-3-2-4-9-17/h2-10,14-15H,11-13H2,1H3,(H,23,27)/t14-/m1/s1. The maximum absolute atomic E-state index is 12.6. The third kappa shape index (κ3) is 4.23. The lowest BCUT2D eigenvalue weighted by atomic mass is 10.2. The van der Waals surface area contributed by atoms with Crippen LogP contribution >= 0.6 is 23.4 Å². The maximum Gasteiger partial charge on any atom is 0.233 e. The fraction of sp³-hybridized carbons (Fsp3) is 0.286. The molecule has 1 aliphatic rings. The minimum Gasteiger partial charge on any atom is -0.351 e. The zero-order valence-electron chi connectivity index (χ0n) is 15.5. The van der Waals surface area contributed by atoms with Gasteiger partial charge in [-0.25, -0.2) is 0 Å². The molecule has 28 heavy (non-hydrogen) atoms. The number of thioether (sulfide) groups is 1. The van der Waals surface area contributed by atoms with Crippen LogP contribution in [0.25, 0.3) is 5.69 Å². The SMILES string of the molecule is C[C@@H](Sc1nnc(C2CC2)n1-c1ccccc1)C(=O)NCc1ccccc1Cl. The molecular weight excluding hydrogens is 392 g/mol. The number of rotatable bonds is 7. The average molecular weight is 413 g/mol. The lowest BCUT2D eigenvalue weighted by Gasteiger charge is -2.14. The summed E-state index contributed by atoms with van der Waals surface area (Å²) >= 11 is 7.59. The van der Waals surface area contributed by atoms with Gasteiger partial charge in [0.2, 0.25) is 5.91 Å². The van der Waals surface area contributed by atoms with Crippen molar-refractivity contribution in [2.24, 2.45) is 0 Å². The highest BCUT2D eigenvalue weighted by atomic mass is 35.5. The van der Waals surface area contributed by atoms with Gasteiger partial charge >= 0.3 is 0 Å². The van der Waals surface area contributed by atoms with Crippen LogP contribution in [-0.2, 0) is 11.3 Å². The lowest BCUT2D eigenvalue weighted by Crippen LogP contribution is -2.30. The Morgan fingerprint density at radius 3 is 2.61 bits per heavy atom. The Balaban J connectivity index is 1.48. The molecule has 1 saturated carbocycles. The van der Waals surface area contributed by atoms with Gasteiger partial charge < -0.3 is 5.32 Å². The molecule has 0 radical (unpaired) electrons. The van der Waals surface area contributed by atoms with Gasteiger partial charge in [0.25, 0.3) is 0 Å². The van der Waals surface area contributed by atoms with Gasteiger partial charge in [-0.1, -0.05) is 59.8 Å². The molecule has 1 fully saturated rings. The summed E-state index contributed by atoms with van der Waals surface area (Å²) in [6, 6.07) is 17.6. The summed E-state index contributed by atoms with van der Waals surface area (Å²) in [6.07, 6.45) is 2.28. The van der Waals surface area contributed by atoms with Crippen molar-refractivity contribution in [1.82, 2.24) is 20.1 Å². The van der Waals surface area contributed by atoms with Gasteiger partial charge in [0.1, 0.15) is 5.82 Å². The summed E-state index contributed by atoms with van der Waals surface area (Å²) in [5.41, 5.74) is 1.93. The predicted octanol–water partition coefficient (Wildman–Crippen LogP) is 4.60. The van der Waals surface area contributed by atoms with Crippen molar-refractivity contribution in [2.45, 2.75) is 42.6 Å². The van der Waals surface area contributed by atoms with E-state index in [0.717, 1.165) is 35.1 Å². The van der Waals surface area contributed by atoms with E-state index in [1.165, 1.54) is 11.8 Å². The number of para-hydroxylation sites is 1. The zero-order chi connectivity index (χ0) is 19.5. The maximum atomic E-state index is 12.6. The number of halogens is 1. The van der Waals surface area contributed by atoms with Gasteiger partial charge in [0.15, 0.2) is 5.16 Å². The Kier molecular flexibility index (Phi) is 5.69. The second-order valence-corrected chi connectivity index (χ2v) is 8.57.